The van der Waals surface area contributed by atoms with Gasteiger partial charge < -0.3 is 15.8 Å². The summed E-state index contributed by atoms with van der Waals surface area (Å²) in [7, 11) is 1.62. The molecule has 1 aromatic carbocycles. The molecule has 0 atom stereocenters. The Labute approximate surface area is 95.2 Å². The highest BCUT2D eigenvalue weighted by molar-refractivity contribution is 5.85. The number of methoxy groups -OCH3 is 1. The summed E-state index contributed by atoms with van der Waals surface area (Å²) in [5.74, 6) is 0.653. The molecule has 0 aliphatic rings. The number of rotatable bonds is 4. The molecule has 84 valence electrons. The van der Waals surface area contributed by atoms with Crippen molar-refractivity contribution in [2.45, 2.75) is 6.54 Å². The van der Waals surface area contributed by atoms with E-state index in [1.54, 1.807) is 7.11 Å². The van der Waals surface area contributed by atoms with Gasteiger partial charge in [0.2, 0.25) is 5.91 Å². The first-order valence-electron chi connectivity index (χ1n) is 4.36. The van der Waals surface area contributed by atoms with E-state index in [9.17, 15) is 4.79 Å². The fraction of sp³-hybridized carbons (Fsp3) is 0.300. The van der Waals surface area contributed by atoms with E-state index in [1.807, 2.05) is 24.3 Å². The van der Waals surface area contributed by atoms with Crippen LogP contribution in [0.3, 0.4) is 0 Å². The van der Waals surface area contributed by atoms with Crippen molar-refractivity contribution >= 4 is 18.3 Å². The first-order valence-corrected chi connectivity index (χ1v) is 4.36. The lowest BCUT2D eigenvalue weighted by atomic mass is 10.2. The molecule has 0 aliphatic heterocycles. The molecule has 0 saturated heterocycles. The van der Waals surface area contributed by atoms with Crippen molar-refractivity contribution < 1.29 is 9.53 Å². The molecule has 5 heteroatoms. The summed E-state index contributed by atoms with van der Waals surface area (Å²) < 4.78 is 5.01. The maximum atomic E-state index is 10.8. The van der Waals surface area contributed by atoms with Crippen molar-refractivity contribution in [3.63, 3.8) is 0 Å². The molecule has 0 spiro atoms. The summed E-state index contributed by atoms with van der Waals surface area (Å²) in [5.41, 5.74) is 6.17. The molecule has 0 fully saturated rings. The number of benzene rings is 1. The summed E-state index contributed by atoms with van der Waals surface area (Å²) in [4.78, 5) is 10.8. The van der Waals surface area contributed by atoms with Gasteiger partial charge >= 0.3 is 0 Å². The molecule has 0 unspecified atom stereocenters. The van der Waals surface area contributed by atoms with Gasteiger partial charge in [0, 0.05) is 6.54 Å². The first kappa shape index (κ1) is 13.7. The zero-order chi connectivity index (χ0) is 10.4. The van der Waals surface area contributed by atoms with Crippen molar-refractivity contribution in [1.29, 1.82) is 0 Å². The molecule has 0 radical (unpaired) electrons. The Morgan fingerprint density at radius 3 is 2.47 bits per heavy atom. The van der Waals surface area contributed by atoms with Crippen molar-refractivity contribution in [3.05, 3.63) is 29.8 Å². The van der Waals surface area contributed by atoms with Crippen molar-refractivity contribution in [2.75, 3.05) is 13.7 Å². The molecular formula is C10H15ClN2O2. The fourth-order valence-corrected chi connectivity index (χ4v) is 1.02. The zero-order valence-electron chi connectivity index (χ0n) is 8.53. The minimum absolute atomic E-state index is 0. The first-order chi connectivity index (χ1) is 6.76. The van der Waals surface area contributed by atoms with E-state index in [4.69, 9.17) is 10.5 Å². The van der Waals surface area contributed by atoms with Crippen LogP contribution in [0.15, 0.2) is 24.3 Å². The highest BCUT2D eigenvalue weighted by Crippen LogP contribution is 2.10. The molecular weight excluding hydrogens is 216 g/mol. The monoisotopic (exact) mass is 230 g/mol. The van der Waals surface area contributed by atoms with E-state index in [2.05, 4.69) is 5.32 Å². The number of ether oxygens (including phenoxy) is 1. The Morgan fingerprint density at radius 2 is 2.00 bits per heavy atom. The highest BCUT2D eigenvalue weighted by Gasteiger charge is 1.97. The predicted octanol–water partition coefficient (Wildman–Crippen LogP) is 0.692. The van der Waals surface area contributed by atoms with Crippen molar-refractivity contribution in [3.8, 4) is 5.75 Å². The van der Waals surface area contributed by atoms with Gasteiger partial charge in [-0.2, -0.15) is 0 Å². The minimum atomic E-state index is -0.152. The smallest absolute Gasteiger partial charge is 0.234 e. The van der Waals surface area contributed by atoms with Gasteiger partial charge in [0.15, 0.2) is 0 Å². The maximum Gasteiger partial charge on any atom is 0.234 e. The summed E-state index contributed by atoms with van der Waals surface area (Å²) in [6, 6.07) is 7.50. The van der Waals surface area contributed by atoms with Crippen LogP contribution in [-0.2, 0) is 11.3 Å². The Hall–Kier alpha value is -1.26. The minimum Gasteiger partial charge on any atom is -0.497 e. The molecule has 1 rings (SSSR count). The summed E-state index contributed by atoms with van der Waals surface area (Å²) in [5, 5.41) is 2.68. The Morgan fingerprint density at radius 1 is 1.40 bits per heavy atom. The van der Waals surface area contributed by atoms with Gasteiger partial charge in [0.05, 0.1) is 13.7 Å². The second kappa shape index (κ2) is 7.09. The van der Waals surface area contributed by atoms with Gasteiger partial charge in [-0.15, -0.1) is 12.4 Å². The number of halogens is 1. The average molecular weight is 231 g/mol. The second-order valence-corrected chi connectivity index (χ2v) is 2.83. The van der Waals surface area contributed by atoms with Gasteiger partial charge in [-0.25, -0.2) is 0 Å². The summed E-state index contributed by atoms with van der Waals surface area (Å²) in [6.45, 7) is 0.524. The van der Waals surface area contributed by atoms with Crippen LogP contribution in [-0.4, -0.2) is 19.6 Å². The van der Waals surface area contributed by atoms with Gasteiger partial charge in [-0.05, 0) is 17.7 Å². The van der Waals surface area contributed by atoms with E-state index in [-0.39, 0.29) is 24.9 Å². The predicted molar refractivity (Wildman–Crippen MR) is 61.1 cm³/mol. The lowest BCUT2D eigenvalue weighted by Crippen LogP contribution is -2.29. The van der Waals surface area contributed by atoms with Crippen LogP contribution in [0.2, 0.25) is 0 Å². The van der Waals surface area contributed by atoms with Crippen molar-refractivity contribution in [2.24, 2.45) is 5.73 Å². The number of hydrogen-bond acceptors (Lipinski definition) is 3. The number of carbonyl (C=O) groups excluding carboxylic acids is 1. The van der Waals surface area contributed by atoms with Gasteiger partial charge in [-0.3, -0.25) is 4.79 Å². The zero-order valence-corrected chi connectivity index (χ0v) is 9.34. The van der Waals surface area contributed by atoms with Crippen LogP contribution >= 0.6 is 12.4 Å². The van der Waals surface area contributed by atoms with Gasteiger partial charge in [0.25, 0.3) is 0 Å². The highest BCUT2D eigenvalue weighted by atomic mass is 35.5. The van der Waals surface area contributed by atoms with Crippen molar-refractivity contribution in [1.82, 2.24) is 5.32 Å². The van der Waals surface area contributed by atoms with E-state index < -0.39 is 0 Å². The Bertz CT molecular complexity index is 301. The third-order valence-electron chi connectivity index (χ3n) is 1.83. The second-order valence-electron chi connectivity index (χ2n) is 2.83. The fourth-order valence-electron chi connectivity index (χ4n) is 1.02. The molecule has 0 saturated carbocycles. The van der Waals surface area contributed by atoms with Crippen LogP contribution in [0.25, 0.3) is 0 Å². The number of carbonyl (C=O) groups is 1. The summed E-state index contributed by atoms with van der Waals surface area (Å²) >= 11 is 0. The normalized spacial score (nSPS) is 8.93. The van der Waals surface area contributed by atoms with Gasteiger partial charge in [-0.1, -0.05) is 12.1 Å². The average Bonchev–Trinajstić information content (AvgIpc) is 2.26. The maximum absolute atomic E-state index is 10.8. The summed E-state index contributed by atoms with van der Waals surface area (Å²) in [6.07, 6.45) is 0. The lowest BCUT2D eigenvalue weighted by molar-refractivity contribution is -0.119. The molecule has 0 bridgehead atoms. The molecule has 1 aromatic rings. The number of hydrogen-bond donors (Lipinski definition) is 2. The quantitative estimate of drug-likeness (QED) is 0.800. The SMILES string of the molecule is COc1ccc(CNC(=O)CN)cc1.Cl. The van der Waals surface area contributed by atoms with Gasteiger partial charge in [0.1, 0.15) is 5.75 Å². The Kier molecular flexibility index (Phi) is 6.49. The molecule has 4 nitrogen and oxygen atoms in total. The van der Waals surface area contributed by atoms with E-state index in [1.165, 1.54) is 0 Å². The van der Waals surface area contributed by atoms with Crippen LogP contribution in [0.5, 0.6) is 5.75 Å². The van der Waals surface area contributed by atoms with Crippen LogP contribution in [0.4, 0.5) is 0 Å². The molecule has 0 aliphatic carbocycles. The molecule has 3 N–H and O–H groups in total. The lowest BCUT2D eigenvalue weighted by Gasteiger charge is -2.04. The van der Waals surface area contributed by atoms with Crippen LogP contribution in [0, 0.1) is 0 Å². The number of amides is 1. The largest absolute Gasteiger partial charge is 0.497 e. The van der Waals surface area contributed by atoms with Crippen LogP contribution < -0.4 is 15.8 Å². The Balaban J connectivity index is 0.00000196. The van der Waals surface area contributed by atoms with Crippen LogP contribution in [0.1, 0.15) is 5.56 Å². The molecule has 15 heavy (non-hydrogen) atoms. The van der Waals surface area contributed by atoms with E-state index in [0.29, 0.717) is 6.54 Å². The number of nitrogens with two attached hydrogens (primary N) is 1. The third kappa shape index (κ3) is 4.67. The molecule has 1 amide bonds. The topological polar surface area (TPSA) is 64.3 Å². The standard InChI is InChI=1S/C10H14N2O2.ClH/c1-14-9-4-2-8(3-5-9)7-12-10(13)6-11;/h2-5H,6-7,11H2,1H3,(H,12,13);1H. The van der Waals surface area contributed by atoms with E-state index in [0.717, 1.165) is 11.3 Å². The van der Waals surface area contributed by atoms with E-state index >= 15 is 0 Å². The molecule has 0 aromatic heterocycles. The number of nitrogens with one attached hydrogen (secondary N) is 1. The third-order valence-corrected chi connectivity index (χ3v) is 1.83. The molecule has 0 heterocycles.